The average Bonchev–Trinajstić information content (AvgIpc) is 2.40. The smallest absolute Gasteiger partial charge is 0.128 e. The lowest BCUT2D eigenvalue weighted by Crippen LogP contribution is -2.23. The number of hydrogen-bond donors (Lipinski definition) is 1. The van der Waals surface area contributed by atoms with Gasteiger partial charge in [-0.25, -0.2) is 4.39 Å². The normalized spacial score (nSPS) is 24.2. The van der Waals surface area contributed by atoms with Crippen molar-refractivity contribution < 1.29 is 14.2 Å². The van der Waals surface area contributed by atoms with Gasteiger partial charge in [0.25, 0.3) is 0 Å². The van der Waals surface area contributed by atoms with Gasteiger partial charge in [-0.3, -0.25) is 0 Å². The first-order valence-corrected chi connectivity index (χ1v) is 7.14. The molecule has 0 heterocycles. The van der Waals surface area contributed by atoms with Gasteiger partial charge in [-0.1, -0.05) is 15.9 Å². The summed E-state index contributed by atoms with van der Waals surface area (Å²) in [5.41, 5.74) is 0.591. The third-order valence-electron chi connectivity index (χ3n) is 3.53. The van der Waals surface area contributed by atoms with E-state index < -0.39 is 0 Å². The van der Waals surface area contributed by atoms with E-state index in [0.717, 1.165) is 30.2 Å². The van der Waals surface area contributed by atoms with Crippen LogP contribution >= 0.6 is 15.9 Å². The van der Waals surface area contributed by atoms with Crippen molar-refractivity contribution in [1.29, 1.82) is 0 Å². The number of hydrogen-bond acceptors (Lipinski definition) is 2. The summed E-state index contributed by atoms with van der Waals surface area (Å²) in [6.07, 6.45) is 4.12. The predicted molar refractivity (Wildman–Crippen MR) is 71.7 cm³/mol. The first-order chi connectivity index (χ1) is 8.69. The molecule has 100 valence electrons. The van der Waals surface area contributed by atoms with E-state index in [2.05, 4.69) is 15.9 Å². The Kier molecular flexibility index (Phi) is 5.15. The van der Waals surface area contributed by atoms with Crippen LogP contribution < -0.4 is 0 Å². The van der Waals surface area contributed by atoms with Crippen molar-refractivity contribution in [2.45, 2.75) is 38.4 Å². The molecule has 1 aliphatic carbocycles. The summed E-state index contributed by atoms with van der Waals surface area (Å²) in [6, 6.07) is 4.89. The lowest BCUT2D eigenvalue weighted by atomic mass is 9.88. The van der Waals surface area contributed by atoms with Crippen molar-refractivity contribution in [2.24, 2.45) is 5.92 Å². The van der Waals surface area contributed by atoms with Gasteiger partial charge in [0.2, 0.25) is 0 Å². The second-order valence-electron chi connectivity index (χ2n) is 4.87. The summed E-state index contributed by atoms with van der Waals surface area (Å²) >= 11 is 3.33. The topological polar surface area (TPSA) is 29.5 Å². The van der Waals surface area contributed by atoms with Crippen molar-refractivity contribution in [1.82, 2.24) is 0 Å². The molecule has 0 aliphatic heterocycles. The third kappa shape index (κ3) is 3.77. The van der Waals surface area contributed by atoms with Crippen molar-refractivity contribution in [3.8, 4) is 0 Å². The number of rotatable bonds is 4. The molecule has 1 fully saturated rings. The van der Waals surface area contributed by atoms with E-state index in [4.69, 9.17) is 9.84 Å². The molecule has 0 amide bonds. The molecule has 4 heteroatoms. The second-order valence-corrected chi connectivity index (χ2v) is 5.79. The lowest BCUT2D eigenvalue weighted by molar-refractivity contribution is 0.000133. The Morgan fingerprint density at radius 1 is 1.28 bits per heavy atom. The molecule has 1 saturated carbocycles. The van der Waals surface area contributed by atoms with E-state index in [1.807, 2.05) is 0 Å². The lowest BCUT2D eigenvalue weighted by Gasteiger charge is -2.27. The summed E-state index contributed by atoms with van der Waals surface area (Å²) in [7, 11) is 0. The van der Waals surface area contributed by atoms with Crippen LogP contribution in [0.1, 0.15) is 31.2 Å². The molecule has 0 atom stereocenters. The van der Waals surface area contributed by atoms with Crippen LogP contribution in [0.25, 0.3) is 0 Å². The Hall–Kier alpha value is -0.450. The van der Waals surface area contributed by atoms with Crippen molar-refractivity contribution in [3.05, 3.63) is 34.1 Å². The zero-order valence-electron chi connectivity index (χ0n) is 10.2. The fourth-order valence-electron chi connectivity index (χ4n) is 2.34. The summed E-state index contributed by atoms with van der Waals surface area (Å²) in [4.78, 5) is 0. The largest absolute Gasteiger partial charge is 0.396 e. The van der Waals surface area contributed by atoms with E-state index in [-0.39, 0.29) is 18.5 Å². The molecule has 2 rings (SSSR count). The van der Waals surface area contributed by atoms with E-state index in [0.29, 0.717) is 18.1 Å². The molecular weight excluding hydrogens is 299 g/mol. The highest BCUT2D eigenvalue weighted by Gasteiger charge is 2.21. The fraction of sp³-hybridized carbons (Fsp3) is 0.571. The zero-order valence-corrected chi connectivity index (χ0v) is 11.8. The predicted octanol–water partition coefficient (Wildman–Crippen LogP) is 3.66. The molecule has 0 spiro atoms. The third-order valence-corrected chi connectivity index (χ3v) is 4.03. The van der Waals surface area contributed by atoms with Gasteiger partial charge < -0.3 is 9.84 Å². The van der Waals surface area contributed by atoms with Gasteiger partial charge in [-0.2, -0.15) is 0 Å². The molecule has 1 aliphatic rings. The Morgan fingerprint density at radius 2 is 2.00 bits per heavy atom. The number of ether oxygens (including phenoxy) is 1. The van der Waals surface area contributed by atoms with Crippen LogP contribution in [0.2, 0.25) is 0 Å². The van der Waals surface area contributed by atoms with Gasteiger partial charge >= 0.3 is 0 Å². The molecule has 1 aromatic rings. The molecule has 0 bridgehead atoms. The summed E-state index contributed by atoms with van der Waals surface area (Å²) in [5.74, 6) is 0.203. The highest BCUT2D eigenvalue weighted by atomic mass is 79.9. The van der Waals surface area contributed by atoms with Gasteiger partial charge in [-0.05, 0) is 49.8 Å². The molecular formula is C14H18BrFO2. The Labute approximate surface area is 115 Å². The SMILES string of the molecule is OCC1CCC(OCc2cc(Br)ccc2F)CC1. The fourth-order valence-corrected chi connectivity index (χ4v) is 2.75. The standard InChI is InChI=1S/C14H18BrFO2/c15-12-3-6-14(16)11(7-12)9-18-13-4-1-10(8-17)2-5-13/h3,6-7,10,13,17H,1-2,4-5,8-9H2. The number of benzene rings is 1. The maximum Gasteiger partial charge on any atom is 0.128 e. The van der Waals surface area contributed by atoms with Crippen molar-refractivity contribution >= 4 is 15.9 Å². The quantitative estimate of drug-likeness (QED) is 0.918. The molecule has 0 radical (unpaired) electrons. The number of halogens is 2. The minimum atomic E-state index is -0.220. The van der Waals surface area contributed by atoms with Crippen LogP contribution in [-0.4, -0.2) is 17.8 Å². The maximum absolute atomic E-state index is 13.5. The molecule has 1 N–H and O–H groups in total. The zero-order chi connectivity index (χ0) is 13.0. The molecule has 18 heavy (non-hydrogen) atoms. The monoisotopic (exact) mass is 316 g/mol. The highest BCUT2D eigenvalue weighted by molar-refractivity contribution is 9.10. The molecule has 1 aromatic carbocycles. The van der Waals surface area contributed by atoms with Crippen LogP contribution in [0.4, 0.5) is 4.39 Å². The summed E-state index contributed by atoms with van der Waals surface area (Å²) < 4.78 is 20.1. The summed E-state index contributed by atoms with van der Waals surface area (Å²) in [6.45, 7) is 0.590. The minimum Gasteiger partial charge on any atom is -0.396 e. The van der Waals surface area contributed by atoms with Crippen LogP contribution in [-0.2, 0) is 11.3 Å². The van der Waals surface area contributed by atoms with Gasteiger partial charge in [0.15, 0.2) is 0 Å². The van der Waals surface area contributed by atoms with Crippen LogP contribution in [0.3, 0.4) is 0 Å². The van der Waals surface area contributed by atoms with E-state index in [1.165, 1.54) is 6.07 Å². The molecule has 0 unspecified atom stereocenters. The van der Waals surface area contributed by atoms with Crippen LogP contribution in [0.5, 0.6) is 0 Å². The van der Waals surface area contributed by atoms with E-state index in [9.17, 15) is 4.39 Å². The van der Waals surface area contributed by atoms with Gasteiger partial charge in [0, 0.05) is 16.6 Å². The molecule has 0 aromatic heterocycles. The van der Waals surface area contributed by atoms with Gasteiger partial charge in [0.1, 0.15) is 5.82 Å². The Balaban J connectivity index is 1.83. The molecule has 2 nitrogen and oxygen atoms in total. The average molecular weight is 317 g/mol. The maximum atomic E-state index is 13.5. The van der Waals surface area contributed by atoms with E-state index in [1.54, 1.807) is 12.1 Å². The van der Waals surface area contributed by atoms with Crippen molar-refractivity contribution in [3.63, 3.8) is 0 Å². The summed E-state index contributed by atoms with van der Waals surface area (Å²) in [5, 5.41) is 9.06. The first-order valence-electron chi connectivity index (χ1n) is 6.35. The van der Waals surface area contributed by atoms with Gasteiger partial charge in [-0.15, -0.1) is 0 Å². The first kappa shape index (κ1) is 14.0. The van der Waals surface area contributed by atoms with Crippen LogP contribution in [0, 0.1) is 11.7 Å². The Bertz CT molecular complexity index is 389. The second kappa shape index (κ2) is 6.64. The highest BCUT2D eigenvalue weighted by Crippen LogP contribution is 2.27. The number of aliphatic hydroxyl groups excluding tert-OH is 1. The minimum absolute atomic E-state index is 0.200. The van der Waals surface area contributed by atoms with Crippen molar-refractivity contribution in [2.75, 3.05) is 6.61 Å². The molecule has 0 saturated heterocycles. The van der Waals surface area contributed by atoms with Crippen LogP contribution in [0.15, 0.2) is 22.7 Å². The number of aliphatic hydroxyl groups is 1. The van der Waals surface area contributed by atoms with Gasteiger partial charge in [0.05, 0.1) is 12.7 Å². The van der Waals surface area contributed by atoms with E-state index >= 15 is 0 Å². The Morgan fingerprint density at radius 3 is 2.67 bits per heavy atom.